The summed E-state index contributed by atoms with van der Waals surface area (Å²) in [6.45, 7) is 0.906. The fraction of sp³-hybridized carbons (Fsp3) is 0.476. The predicted molar refractivity (Wildman–Crippen MR) is 125 cm³/mol. The molecule has 0 aromatic heterocycles. The quantitative estimate of drug-likeness (QED) is 0.222. The molecule has 3 rings (SSSR count). The summed E-state index contributed by atoms with van der Waals surface area (Å²) in [4.78, 5) is 20.5. The molecule has 0 saturated carbocycles. The van der Waals surface area contributed by atoms with E-state index in [0.717, 1.165) is 19.3 Å². The van der Waals surface area contributed by atoms with Crippen LogP contribution in [0, 0.1) is 5.92 Å². The smallest absolute Gasteiger partial charge is 0.449 e. The van der Waals surface area contributed by atoms with Gasteiger partial charge in [-0.05, 0) is 29.9 Å². The van der Waals surface area contributed by atoms with Gasteiger partial charge in [-0.1, -0.05) is 61.4 Å². The van der Waals surface area contributed by atoms with E-state index in [-0.39, 0.29) is 12.5 Å². The van der Waals surface area contributed by atoms with E-state index in [1.54, 1.807) is 0 Å². The van der Waals surface area contributed by atoms with Gasteiger partial charge in [0.1, 0.15) is 13.2 Å². The van der Waals surface area contributed by atoms with Gasteiger partial charge in [-0.3, -0.25) is 0 Å². The molecule has 6 unspecified atom stereocenters. The van der Waals surface area contributed by atoms with Crippen LogP contribution >= 0.6 is 24.8 Å². The lowest BCUT2D eigenvalue weighted by molar-refractivity contribution is 0.133. The summed E-state index contributed by atoms with van der Waals surface area (Å²) >= 11 is 0. The van der Waals surface area contributed by atoms with Crippen LogP contribution in [0.5, 0.6) is 0 Å². The van der Waals surface area contributed by atoms with Crippen molar-refractivity contribution in [3.05, 3.63) is 59.7 Å². The number of ether oxygens (including phenoxy) is 1. The summed E-state index contributed by atoms with van der Waals surface area (Å²) in [6.07, 6.45) is 11.0. The standard InChI is InChI=1S/C21H25NO9P3/c23-21(22-13-7-1-2-8-14-29-33(26)31-34(27)30-32(24)25)28-15-20-18-11-5-3-9-16(18)17-10-4-6-12-19(17)20/h3-6,9-12,16,18,20H,1-2,7-8,13-15H2/q+1/p+2. The highest BCUT2D eigenvalue weighted by Gasteiger charge is 2.48. The normalized spacial score (nSPS) is 21.4. The zero-order valence-corrected chi connectivity index (χ0v) is 21.0. The van der Waals surface area contributed by atoms with E-state index in [2.05, 4.69) is 44.3 Å². The second-order valence-corrected chi connectivity index (χ2v) is 10.7. The summed E-state index contributed by atoms with van der Waals surface area (Å²) in [5, 5.41) is 2.77. The van der Waals surface area contributed by atoms with Gasteiger partial charge < -0.3 is 10.1 Å². The molecule has 0 aliphatic heterocycles. The molecular formula is C21H27NO9P3+3. The van der Waals surface area contributed by atoms with Gasteiger partial charge in [0, 0.05) is 32.1 Å². The molecule has 10 nitrogen and oxygen atoms in total. The maximum atomic E-state index is 12.1. The fourth-order valence-electron chi connectivity index (χ4n) is 4.16. The van der Waals surface area contributed by atoms with Crippen molar-refractivity contribution < 1.29 is 41.3 Å². The van der Waals surface area contributed by atoms with Crippen molar-refractivity contribution in [2.45, 2.75) is 37.5 Å². The SMILES string of the molecule is O=C(NCCCCCCO[P+](=O)O[P+](=O)O[P+](=O)O)OCC1c2ccccc2C2C=CC=CC21. The van der Waals surface area contributed by atoms with Crippen LogP contribution in [0.3, 0.4) is 0 Å². The van der Waals surface area contributed by atoms with E-state index in [9.17, 15) is 18.5 Å². The van der Waals surface area contributed by atoms with E-state index in [1.165, 1.54) is 11.1 Å². The van der Waals surface area contributed by atoms with Gasteiger partial charge >= 0.3 is 30.9 Å². The Kier molecular flexibility index (Phi) is 10.9. The molecule has 1 aromatic rings. The second kappa shape index (κ2) is 13.9. The highest BCUT2D eigenvalue weighted by molar-refractivity contribution is 7.53. The van der Waals surface area contributed by atoms with Crippen LogP contribution < -0.4 is 5.32 Å². The van der Waals surface area contributed by atoms with Crippen LogP contribution in [-0.4, -0.2) is 30.7 Å². The third kappa shape index (κ3) is 8.10. The summed E-state index contributed by atoms with van der Waals surface area (Å²) in [5.41, 5.74) is 2.53. The first kappa shape index (κ1) is 26.7. The van der Waals surface area contributed by atoms with Gasteiger partial charge in [-0.25, -0.2) is 4.79 Å². The van der Waals surface area contributed by atoms with Crippen LogP contribution in [0.1, 0.15) is 48.6 Å². The van der Waals surface area contributed by atoms with Gasteiger partial charge in [0.25, 0.3) is 0 Å². The van der Waals surface area contributed by atoms with E-state index < -0.39 is 30.9 Å². The number of unbranched alkanes of at least 4 members (excludes halogenated alkanes) is 3. The number of nitrogens with one attached hydrogen (secondary N) is 1. The number of hydrogen-bond donors (Lipinski definition) is 2. The number of carbonyl (C=O) groups excluding carboxylic acids is 1. The van der Waals surface area contributed by atoms with E-state index in [4.69, 9.17) is 14.2 Å². The van der Waals surface area contributed by atoms with Crippen LogP contribution in [0.4, 0.5) is 4.79 Å². The topological polar surface area (TPSA) is 137 Å². The second-order valence-electron chi connectivity index (χ2n) is 7.73. The molecule has 2 aliphatic rings. The maximum absolute atomic E-state index is 12.1. The highest BCUT2D eigenvalue weighted by atomic mass is 31.2. The van der Waals surface area contributed by atoms with Gasteiger partial charge in [0.15, 0.2) is 8.62 Å². The first-order valence-corrected chi connectivity index (χ1v) is 14.2. The zero-order valence-electron chi connectivity index (χ0n) is 18.4. The molecule has 182 valence electrons. The van der Waals surface area contributed by atoms with Crippen LogP contribution in [0.25, 0.3) is 0 Å². The Morgan fingerprint density at radius 1 is 0.941 bits per heavy atom. The number of fused-ring (bicyclic) bond motifs is 3. The Bertz CT molecular complexity index is 969. The Morgan fingerprint density at radius 2 is 1.68 bits per heavy atom. The van der Waals surface area contributed by atoms with Crippen molar-refractivity contribution in [3.63, 3.8) is 0 Å². The maximum Gasteiger partial charge on any atom is 0.798 e. The monoisotopic (exact) mass is 530 g/mol. The van der Waals surface area contributed by atoms with Gasteiger partial charge in [0.05, 0.1) is 0 Å². The summed E-state index contributed by atoms with van der Waals surface area (Å²) in [5.74, 6) is 0.763. The first-order valence-electron chi connectivity index (χ1n) is 10.9. The van der Waals surface area contributed by atoms with Crippen LogP contribution in [0.15, 0.2) is 48.6 Å². The Hall–Kier alpha value is -1.89. The molecule has 0 fully saturated rings. The molecule has 13 heteroatoms. The summed E-state index contributed by atoms with van der Waals surface area (Å²) < 4.78 is 51.2. The molecule has 1 aromatic carbocycles. The summed E-state index contributed by atoms with van der Waals surface area (Å²) in [6, 6.07) is 8.31. The number of amides is 1. The van der Waals surface area contributed by atoms with Crippen LogP contribution in [-0.2, 0) is 31.6 Å². The lowest BCUT2D eigenvalue weighted by Gasteiger charge is -2.22. The molecule has 2 aliphatic carbocycles. The fourth-order valence-corrected chi connectivity index (χ4v) is 5.90. The Labute approximate surface area is 200 Å². The molecule has 0 bridgehead atoms. The van der Waals surface area contributed by atoms with Crippen molar-refractivity contribution >= 4 is 30.9 Å². The van der Waals surface area contributed by atoms with E-state index >= 15 is 0 Å². The molecule has 0 radical (unpaired) electrons. The minimum atomic E-state index is -3.11. The first-order chi connectivity index (χ1) is 16.5. The average molecular weight is 530 g/mol. The third-order valence-electron chi connectivity index (χ3n) is 5.60. The molecule has 0 spiro atoms. The van der Waals surface area contributed by atoms with E-state index in [1.807, 2.05) is 18.2 Å². The lowest BCUT2D eigenvalue weighted by atomic mass is 9.84. The summed E-state index contributed by atoms with van der Waals surface area (Å²) in [7, 11) is -8.77. The lowest BCUT2D eigenvalue weighted by Crippen LogP contribution is -2.28. The number of hydrogen-bond acceptors (Lipinski definition) is 8. The Morgan fingerprint density at radius 3 is 2.47 bits per heavy atom. The highest BCUT2D eigenvalue weighted by Crippen LogP contribution is 2.49. The molecular weight excluding hydrogens is 503 g/mol. The average Bonchev–Trinajstić information content (AvgIpc) is 3.12. The molecule has 6 atom stereocenters. The Balaban J connectivity index is 1.25. The van der Waals surface area contributed by atoms with Gasteiger partial charge in [-0.2, -0.15) is 0 Å². The van der Waals surface area contributed by atoms with Crippen molar-refractivity contribution in [1.29, 1.82) is 0 Å². The van der Waals surface area contributed by atoms with Crippen molar-refractivity contribution in [1.82, 2.24) is 5.32 Å². The molecule has 0 saturated heterocycles. The van der Waals surface area contributed by atoms with Crippen molar-refractivity contribution in [2.75, 3.05) is 19.8 Å². The number of alkyl carbamates (subject to hydrolysis) is 1. The molecule has 0 heterocycles. The molecule has 34 heavy (non-hydrogen) atoms. The predicted octanol–water partition coefficient (Wildman–Crippen LogP) is 5.91. The zero-order chi connectivity index (χ0) is 24.3. The van der Waals surface area contributed by atoms with Gasteiger partial charge in [0.2, 0.25) is 0 Å². The third-order valence-corrected chi connectivity index (χ3v) is 8.15. The van der Waals surface area contributed by atoms with Gasteiger partial charge in [-0.15, -0.1) is 9.42 Å². The van der Waals surface area contributed by atoms with Crippen molar-refractivity contribution in [3.8, 4) is 0 Å². The minimum absolute atomic E-state index is 0.105. The van der Waals surface area contributed by atoms with Crippen LogP contribution in [0.2, 0.25) is 0 Å². The number of carbonyl (C=O) groups is 1. The molecule has 2 N–H and O–H groups in total. The number of rotatable bonds is 14. The molecule has 1 amide bonds. The largest absolute Gasteiger partial charge is 0.798 e. The van der Waals surface area contributed by atoms with Crippen molar-refractivity contribution in [2.24, 2.45) is 5.92 Å². The number of benzene rings is 1. The minimum Gasteiger partial charge on any atom is -0.449 e. The van der Waals surface area contributed by atoms with E-state index in [0.29, 0.717) is 31.4 Å². The number of allylic oxidation sites excluding steroid dienone is 4.